The molecular formula is C14H14N6O2. The van der Waals surface area contributed by atoms with Crippen molar-refractivity contribution in [3.05, 3.63) is 47.6 Å². The smallest absolute Gasteiger partial charge is 0.228 e. The van der Waals surface area contributed by atoms with Crippen molar-refractivity contribution in [1.82, 2.24) is 25.4 Å². The van der Waals surface area contributed by atoms with Gasteiger partial charge in [0.25, 0.3) is 0 Å². The van der Waals surface area contributed by atoms with Crippen LogP contribution in [0.15, 0.2) is 35.1 Å². The molecule has 0 aliphatic rings. The van der Waals surface area contributed by atoms with Gasteiger partial charge in [0.2, 0.25) is 5.91 Å². The minimum atomic E-state index is -0.121. The molecule has 0 bridgehead atoms. The van der Waals surface area contributed by atoms with E-state index in [1.54, 1.807) is 18.5 Å². The molecule has 3 aromatic rings. The number of carbonyl (C=O) groups excluding carboxylic acids is 1. The summed E-state index contributed by atoms with van der Waals surface area (Å²) in [6.45, 7) is 3.55. The third-order valence-corrected chi connectivity index (χ3v) is 3.21. The van der Waals surface area contributed by atoms with E-state index in [-0.39, 0.29) is 12.3 Å². The second-order valence-electron chi connectivity index (χ2n) is 4.84. The molecular weight excluding hydrogens is 284 g/mol. The number of aromatic nitrogens is 5. The second-order valence-corrected chi connectivity index (χ2v) is 4.84. The lowest BCUT2D eigenvalue weighted by molar-refractivity contribution is -0.115. The molecule has 3 rings (SSSR count). The molecule has 112 valence electrons. The minimum absolute atomic E-state index is 0.121. The molecule has 0 unspecified atom stereocenters. The van der Waals surface area contributed by atoms with E-state index in [0.29, 0.717) is 17.1 Å². The average Bonchev–Trinajstić information content (AvgIpc) is 3.14. The number of benzene rings is 1. The van der Waals surface area contributed by atoms with E-state index in [4.69, 9.17) is 4.52 Å². The zero-order chi connectivity index (χ0) is 15.5. The van der Waals surface area contributed by atoms with E-state index in [9.17, 15) is 4.79 Å². The average molecular weight is 298 g/mol. The van der Waals surface area contributed by atoms with Gasteiger partial charge in [-0.1, -0.05) is 17.3 Å². The zero-order valence-electron chi connectivity index (χ0n) is 12.1. The molecule has 0 saturated carbocycles. The maximum absolute atomic E-state index is 12.1. The van der Waals surface area contributed by atoms with Gasteiger partial charge >= 0.3 is 0 Å². The number of hydrogen-bond donors (Lipinski definition) is 1. The number of nitrogens with zero attached hydrogens (tertiary/aromatic N) is 5. The van der Waals surface area contributed by atoms with Crippen LogP contribution in [0.2, 0.25) is 0 Å². The Bertz CT molecular complexity index is 757. The molecule has 0 fully saturated rings. The summed E-state index contributed by atoms with van der Waals surface area (Å²) >= 11 is 0. The Morgan fingerprint density at radius 1 is 1.27 bits per heavy atom. The van der Waals surface area contributed by atoms with Crippen molar-refractivity contribution < 1.29 is 9.32 Å². The Hall–Kier alpha value is -3.03. The molecule has 8 heteroatoms. The van der Waals surface area contributed by atoms with Crippen LogP contribution < -0.4 is 5.32 Å². The zero-order valence-corrected chi connectivity index (χ0v) is 12.1. The fourth-order valence-electron chi connectivity index (χ4n) is 2.08. The highest BCUT2D eigenvalue weighted by Gasteiger charge is 2.12. The number of hydrogen-bond acceptors (Lipinski definition) is 6. The van der Waals surface area contributed by atoms with Gasteiger partial charge in [-0.05, 0) is 42.0 Å². The molecule has 0 radical (unpaired) electrons. The van der Waals surface area contributed by atoms with Crippen LogP contribution in [0.25, 0.3) is 5.69 Å². The summed E-state index contributed by atoms with van der Waals surface area (Å²) in [4.78, 5) is 12.1. The standard InChI is InChI=1S/C14H14N6O2/c1-9-14(10(2)22-17-9)16-13(21)7-11-3-5-12(6-4-11)20-8-15-18-19-20/h3-6,8H,7H2,1-2H3,(H,16,21). The molecule has 0 spiro atoms. The Labute approximate surface area is 126 Å². The van der Waals surface area contributed by atoms with Gasteiger partial charge in [-0.3, -0.25) is 4.79 Å². The highest BCUT2D eigenvalue weighted by atomic mass is 16.5. The van der Waals surface area contributed by atoms with Crippen molar-refractivity contribution in [1.29, 1.82) is 0 Å². The second kappa shape index (κ2) is 5.76. The lowest BCUT2D eigenvalue weighted by atomic mass is 10.1. The van der Waals surface area contributed by atoms with Crippen molar-refractivity contribution in [3.8, 4) is 5.69 Å². The normalized spacial score (nSPS) is 10.6. The predicted octanol–water partition coefficient (Wildman–Crippen LogP) is 1.45. The molecule has 2 heterocycles. The van der Waals surface area contributed by atoms with Crippen molar-refractivity contribution in [2.45, 2.75) is 20.3 Å². The Balaban J connectivity index is 1.67. The van der Waals surface area contributed by atoms with Crippen LogP contribution in [0.4, 0.5) is 5.69 Å². The van der Waals surface area contributed by atoms with Crippen molar-refractivity contribution in [2.75, 3.05) is 5.32 Å². The largest absolute Gasteiger partial charge is 0.359 e. The van der Waals surface area contributed by atoms with E-state index in [1.165, 1.54) is 6.33 Å². The summed E-state index contributed by atoms with van der Waals surface area (Å²) in [5.74, 6) is 0.476. The van der Waals surface area contributed by atoms with Crippen LogP contribution in [-0.2, 0) is 11.2 Å². The van der Waals surface area contributed by atoms with Gasteiger partial charge in [0.05, 0.1) is 12.1 Å². The maximum atomic E-state index is 12.1. The molecule has 0 aliphatic heterocycles. The third kappa shape index (κ3) is 2.85. The summed E-state index contributed by atoms with van der Waals surface area (Å²) in [6.07, 6.45) is 1.78. The Kier molecular flexibility index (Phi) is 3.65. The van der Waals surface area contributed by atoms with Gasteiger partial charge in [-0.25, -0.2) is 4.68 Å². The van der Waals surface area contributed by atoms with Crippen molar-refractivity contribution in [3.63, 3.8) is 0 Å². The number of carbonyl (C=O) groups is 1. The first-order valence-corrected chi connectivity index (χ1v) is 6.68. The summed E-state index contributed by atoms with van der Waals surface area (Å²) in [7, 11) is 0. The maximum Gasteiger partial charge on any atom is 0.228 e. The molecule has 0 atom stereocenters. The molecule has 22 heavy (non-hydrogen) atoms. The van der Waals surface area contributed by atoms with Crippen molar-refractivity contribution >= 4 is 11.6 Å². The molecule has 8 nitrogen and oxygen atoms in total. The lowest BCUT2D eigenvalue weighted by Gasteiger charge is -2.05. The summed E-state index contributed by atoms with van der Waals surface area (Å²) in [5, 5.41) is 17.6. The number of anilines is 1. The number of nitrogens with one attached hydrogen (secondary N) is 1. The summed E-state index contributed by atoms with van der Waals surface area (Å²) in [5.41, 5.74) is 3.02. The van der Waals surface area contributed by atoms with E-state index in [2.05, 4.69) is 26.0 Å². The quantitative estimate of drug-likeness (QED) is 0.782. The van der Waals surface area contributed by atoms with E-state index in [0.717, 1.165) is 11.3 Å². The first kappa shape index (κ1) is 13.9. The number of aryl methyl sites for hydroxylation is 2. The van der Waals surface area contributed by atoms with E-state index < -0.39 is 0 Å². The third-order valence-electron chi connectivity index (χ3n) is 3.21. The molecule has 2 aromatic heterocycles. The molecule has 0 saturated heterocycles. The van der Waals surface area contributed by atoms with E-state index >= 15 is 0 Å². The SMILES string of the molecule is Cc1noc(C)c1NC(=O)Cc1ccc(-n2cnnn2)cc1. The summed E-state index contributed by atoms with van der Waals surface area (Å²) < 4.78 is 6.57. The van der Waals surface area contributed by atoms with Gasteiger partial charge in [0.15, 0.2) is 5.76 Å². The van der Waals surface area contributed by atoms with Crippen LogP contribution in [0.1, 0.15) is 17.0 Å². The molecule has 1 N–H and O–H groups in total. The molecule has 0 aliphatic carbocycles. The Morgan fingerprint density at radius 3 is 2.64 bits per heavy atom. The van der Waals surface area contributed by atoms with Gasteiger partial charge in [-0.2, -0.15) is 0 Å². The number of tetrazole rings is 1. The van der Waals surface area contributed by atoms with Gasteiger partial charge < -0.3 is 9.84 Å². The fourth-order valence-corrected chi connectivity index (χ4v) is 2.08. The first-order valence-electron chi connectivity index (χ1n) is 6.68. The molecule has 1 aromatic carbocycles. The van der Waals surface area contributed by atoms with Crippen LogP contribution in [0.3, 0.4) is 0 Å². The summed E-state index contributed by atoms with van der Waals surface area (Å²) in [6, 6.07) is 7.44. The Morgan fingerprint density at radius 2 is 2.05 bits per heavy atom. The van der Waals surface area contributed by atoms with Gasteiger partial charge in [0, 0.05) is 0 Å². The van der Waals surface area contributed by atoms with Gasteiger partial charge in [0.1, 0.15) is 17.7 Å². The monoisotopic (exact) mass is 298 g/mol. The minimum Gasteiger partial charge on any atom is -0.359 e. The number of amides is 1. The van der Waals surface area contributed by atoms with Crippen LogP contribution in [0, 0.1) is 13.8 Å². The van der Waals surface area contributed by atoms with E-state index in [1.807, 2.05) is 24.3 Å². The molecule has 1 amide bonds. The predicted molar refractivity (Wildman–Crippen MR) is 77.5 cm³/mol. The highest BCUT2D eigenvalue weighted by molar-refractivity contribution is 5.93. The highest BCUT2D eigenvalue weighted by Crippen LogP contribution is 2.19. The van der Waals surface area contributed by atoms with Crippen molar-refractivity contribution in [2.24, 2.45) is 0 Å². The fraction of sp³-hybridized carbons (Fsp3) is 0.214. The van der Waals surface area contributed by atoms with Gasteiger partial charge in [-0.15, -0.1) is 5.10 Å². The first-order chi connectivity index (χ1) is 10.6. The van der Waals surface area contributed by atoms with Crippen LogP contribution in [-0.4, -0.2) is 31.3 Å². The number of rotatable bonds is 4. The topological polar surface area (TPSA) is 98.7 Å². The lowest BCUT2D eigenvalue weighted by Crippen LogP contribution is -2.15. The van der Waals surface area contributed by atoms with Crippen LogP contribution >= 0.6 is 0 Å². The van der Waals surface area contributed by atoms with Crippen LogP contribution in [0.5, 0.6) is 0 Å².